The predicted molar refractivity (Wildman–Crippen MR) is 54.3 cm³/mol. The van der Waals surface area contributed by atoms with Gasteiger partial charge in [-0.25, -0.2) is 4.98 Å². The number of aromatic nitrogens is 1. The number of nitrogens with zero attached hydrogens (tertiary/aromatic N) is 1. The molecule has 0 spiro atoms. The lowest BCUT2D eigenvalue weighted by Gasteiger charge is -1.92. The minimum Gasteiger partial charge on any atom is -0.373 e. The molecular formula is C10H16N2. The SMILES string of the molecule is C=CCC.CNc1ccccn1. The van der Waals surface area contributed by atoms with Crippen molar-refractivity contribution in [3.05, 3.63) is 37.1 Å². The van der Waals surface area contributed by atoms with E-state index in [0.717, 1.165) is 12.2 Å². The monoisotopic (exact) mass is 164 g/mol. The summed E-state index contributed by atoms with van der Waals surface area (Å²) in [7, 11) is 1.85. The molecule has 0 aliphatic rings. The van der Waals surface area contributed by atoms with E-state index in [-0.39, 0.29) is 0 Å². The topological polar surface area (TPSA) is 24.9 Å². The van der Waals surface area contributed by atoms with Crippen LogP contribution in [0.1, 0.15) is 13.3 Å². The molecule has 1 N–H and O–H groups in total. The molecule has 1 aromatic heterocycles. The summed E-state index contributed by atoms with van der Waals surface area (Å²) in [6.07, 6.45) is 4.71. The lowest BCUT2D eigenvalue weighted by Crippen LogP contribution is -1.88. The van der Waals surface area contributed by atoms with Crippen LogP contribution < -0.4 is 5.32 Å². The molecule has 0 saturated carbocycles. The largest absolute Gasteiger partial charge is 0.373 e. The Bertz CT molecular complexity index is 194. The smallest absolute Gasteiger partial charge is 0.125 e. The Morgan fingerprint density at radius 3 is 2.50 bits per heavy atom. The molecule has 1 aromatic rings. The number of pyridine rings is 1. The third-order valence-corrected chi connectivity index (χ3v) is 1.21. The Balaban J connectivity index is 0.000000261. The van der Waals surface area contributed by atoms with E-state index < -0.39 is 0 Å². The molecule has 0 amide bonds. The molecule has 0 aliphatic carbocycles. The minimum atomic E-state index is 0.910. The fourth-order valence-electron chi connectivity index (χ4n) is 0.511. The van der Waals surface area contributed by atoms with Crippen molar-refractivity contribution in [3.8, 4) is 0 Å². The van der Waals surface area contributed by atoms with Crippen molar-refractivity contribution in [2.75, 3.05) is 12.4 Å². The summed E-state index contributed by atoms with van der Waals surface area (Å²) in [5.74, 6) is 0.910. The summed E-state index contributed by atoms with van der Waals surface area (Å²) < 4.78 is 0. The van der Waals surface area contributed by atoms with Crippen molar-refractivity contribution in [1.82, 2.24) is 4.98 Å². The van der Waals surface area contributed by atoms with E-state index in [9.17, 15) is 0 Å². The molecule has 0 unspecified atom stereocenters. The number of anilines is 1. The van der Waals surface area contributed by atoms with Gasteiger partial charge in [-0.2, -0.15) is 0 Å². The summed E-state index contributed by atoms with van der Waals surface area (Å²) in [6, 6.07) is 5.75. The second-order valence-corrected chi connectivity index (χ2v) is 2.16. The molecule has 0 bridgehead atoms. The van der Waals surface area contributed by atoms with Crippen LogP contribution in [0.3, 0.4) is 0 Å². The second-order valence-electron chi connectivity index (χ2n) is 2.16. The Morgan fingerprint density at radius 2 is 2.25 bits per heavy atom. The minimum absolute atomic E-state index is 0.910. The first kappa shape index (κ1) is 10.7. The van der Waals surface area contributed by atoms with Crippen LogP contribution in [0.2, 0.25) is 0 Å². The van der Waals surface area contributed by atoms with Gasteiger partial charge >= 0.3 is 0 Å². The Kier molecular flexibility index (Phi) is 6.94. The van der Waals surface area contributed by atoms with Crippen LogP contribution in [0.25, 0.3) is 0 Å². The van der Waals surface area contributed by atoms with Crippen molar-refractivity contribution in [2.45, 2.75) is 13.3 Å². The van der Waals surface area contributed by atoms with Gasteiger partial charge in [0.25, 0.3) is 0 Å². The van der Waals surface area contributed by atoms with Crippen LogP contribution in [0.4, 0.5) is 5.82 Å². The maximum atomic E-state index is 3.99. The normalized spacial score (nSPS) is 7.83. The molecule has 0 radical (unpaired) electrons. The van der Waals surface area contributed by atoms with E-state index in [1.165, 1.54) is 0 Å². The molecule has 66 valence electrons. The number of rotatable bonds is 2. The van der Waals surface area contributed by atoms with E-state index in [4.69, 9.17) is 0 Å². The number of hydrogen-bond donors (Lipinski definition) is 1. The highest BCUT2D eigenvalue weighted by molar-refractivity contribution is 5.31. The fourth-order valence-corrected chi connectivity index (χ4v) is 0.511. The van der Waals surface area contributed by atoms with Crippen LogP contribution >= 0.6 is 0 Å². The summed E-state index contributed by atoms with van der Waals surface area (Å²) in [5.41, 5.74) is 0. The fraction of sp³-hybridized carbons (Fsp3) is 0.300. The highest BCUT2D eigenvalue weighted by Crippen LogP contribution is 1.95. The van der Waals surface area contributed by atoms with Crippen molar-refractivity contribution in [2.24, 2.45) is 0 Å². The van der Waals surface area contributed by atoms with E-state index in [1.54, 1.807) is 6.20 Å². The first-order chi connectivity index (χ1) is 5.85. The predicted octanol–water partition coefficient (Wildman–Crippen LogP) is 2.71. The molecule has 2 nitrogen and oxygen atoms in total. The third-order valence-electron chi connectivity index (χ3n) is 1.21. The molecule has 0 aromatic carbocycles. The van der Waals surface area contributed by atoms with Gasteiger partial charge in [-0.1, -0.05) is 19.1 Å². The van der Waals surface area contributed by atoms with Crippen molar-refractivity contribution in [3.63, 3.8) is 0 Å². The molecule has 0 aliphatic heterocycles. The van der Waals surface area contributed by atoms with Crippen molar-refractivity contribution in [1.29, 1.82) is 0 Å². The van der Waals surface area contributed by atoms with Gasteiger partial charge in [0.1, 0.15) is 5.82 Å². The Labute approximate surface area is 74.3 Å². The van der Waals surface area contributed by atoms with Gasteiger partial charge in [-0.15, -0.1) is 6.58 Å². The van der Waals surface area contributed by atoms with Gasteiger partial charge in [0.15, 0.2) is 0 Å². The van der Waals surface area contributed by atoms with Crippen molar-refractivity contribution < 1.29 is 0 Å². The molecular weight excluding hydrogens is 148 g/mol. The van der Waals surface area contributed by atoms with Crippen LogP contribution in [0.5, 0.6) is 0 Å². The van der Waals surface area contributed by atoms with Crippen molar-refractivity contribution >= 4 is 5.82 Å². The molecule has 1 heterocycles. The Morgan fingerprint density at radius 1 is 1.58 bits per heavy atom. The van der Waals surface area contributed by atoms with Crippen LogP contribution in [0, 0.1) is 0 Å². The highest BCUT2D eigenvalue weighted by Gasteiger charge is 1.79. The maximum Gasteiger partial charge on any atom is 0.125 e. The molecule has 0 saturated heterocycles. The number of hydrogen-bond acceptors (Lipinski definition) is 2. The van der Waals surface area contributed by atoms with Gasteiger partial charge in [0, 0.05) is 13.2 Å². The van der Waals surface area contributed by atoms with Gasteiger partial charge < -0.3 is 5.32 Å². The van der Waals surface area contributed by atoms with Crippen LogP contribution in [0.15, 0.2) is 37.1 Å². The number of nitrogens with one attached hydrogen (secondary N) is 1. The van der Waals surface area contributed by atoms with Gasteiger partial charge in [-0.3, -0.25) is 0 Å². The van der Waals surface area contributed by atoms with Crippen LogP contribution in [-0.4, -0.2) is 12.0 Å². The quantitative estimate of drug-likeness (QED) is 0.680. The molecule has 2 heteroatoms. The zero-order valence-electron chi connectivity index (χ0n) is 7.75. The zero-order chi connectivity index (χ0) is 9.23. The average molecular weight is 164 g/mol. The van der Waals surface area contributed by atoms with E-state index in [0.29, 0.717) is 0 Å². The number of allylic oxidation sites excluding steroid dienone is 1. The standard InChI is InChI=1S/C6H8N2.C4H8/c1-7-6-4-2-3-5-8-6;1-3-4-2/h2-5H,1H3,(H,7,8);3H,1,4H2,2H3. The van der Waals surface area contributed by atoms with E-state index in [2.05, 4.69) is 23.8 Å². The molecule has 12 heavy (non-hydrogen) atoms. The molecule has 0 atom stereocenters. The Hall–Kier alpha value is -1.31. The van der Waals surface area contributed by atoms with Gasteiger partial charge in [0.2, 0.25) is 0 Å². The van der Waals surface area contributed by atoms with E-state index in [1.807, 2.05) is 31.3 Å². The first-order valence-electron chi connectivity index (χ1n) is 4.04. The van der Waals surface area contributed by atoms with Crippen LogP contribution in [-0.2, 0) is 0 Å². The molecule has 0 fully saturated rings. The van der Waals surface area contributed by atoms with Gasteiger partial charge in [-0.05, 0) is 18.6 Å². The summed E-state index contributed by atoms with van der Waals surface area (Å²) in [5, 5.41) is 2.92. The first-order valence-corrected chi connectivity index (χ1v) is 4.04. The maximum absolute atomic E-state index is 3.99. The lowest BCUT2D eigenvalue weighted by atomic mass is 10.5. The highest BCUT2D eigenvalue weighted by atomic mass is 14.9. The second kappa shape index (κ2) is 7.79. The average Bonchev–Trinajstić information content (AvgIpc) is 2.19. The van der Waals surface area contributed by atoms with E-state index >= 15 is 0 Å². The third kappa shape index (κ3) is 5.47. The summed E-state index contributed by atoms with van der Waals surface area (Å²) >= 11 is 0. The summed E-state index contributed by atoms with van der Waals surface area (Å²) in [6.45, 7) is 5.54. The summed E-state index contributed by atoms with van der Waals surface area (Å²) in [4.78, 5) is 3.99. The van der Waals surface area contributed by atoms with Gasteiger partial charge in [0.05, 0.1) is 0 Å². The zero-order valence-corrected chi connectivity index (χ0v) is 7.75. The molecule has 1 rings (SSSR count). The lowest BCUT2D eigenvalue weighted by molar-refractivity contribution is 1.23.